The maximum atomic E-state index is 9.19. The molecular formula is C27H42N2O7S2. The highest BCUT2D eigenvalue weighted by Crippen LogP contribution is 2.45. The van der Waals surface area contributed by atoms with Crippen LogP contribution in [0.4, 0.5) is 5.69 Å². The van der Waals surface area contributed by atoms with Crippen LogP contribution in [0.15, 0.2) is 54.6 Å². The molecule has 1 heterocycles. The van der Waals surface area contributed by atoms with Gasteiger partial charge in [0.15, 0.2) is 0 Å². The first-order valence-electron chi connectivity index (χ1n) is 12.8. The molecule has 2 aromatic rings. The lowest BCUT2D eigenvalue weighted by Gasteiger charge is -2.51. The quantitative estimate of drug-likeness (QED) is 0.506. The number of benzene rings is 2. The van der Waals surface area contributed by atoms with Crippen LogP contribution in [0.25, 0.3) is 0 Å². The fourth-order valence-corrected chi connectivity index (χ4v) is 5.10. The van der Waals surface area contributed by atoms with Crippen molar-refractivity contribution in [3.63, 3.8) is 0 Å². The number of hydrogen-bond acceptors (Lipinski definition) is 7. The molecule has 1 saturated carbocycles. The maximum absolute atomic E-state index is 9.19. The first-order chi connectivity index (χ1) is 17.7. The smallest absolute Gasteiger partial charge is 0.261 e. The third kappa shape index (κ3) is 11.3. The highest BCUT2D eigenvalue weighted by atomic mass is 32.2. The first kappa shape index (κ1) is 32.0. The molecule has 0 atom stereocenters. The molecule has 0 radical (unpaired) electrons. The molecule has 1 saturated heterocycles. The van der Waals surface area contributed by atoms with Gasteiger partial charge in [-0.3, -0.25) is 14.0 Å². The van der Waals surface area contributed by atoms with Crippen LogP contribution in [-0.2, 0) is 25.8 Å². The number of ether oxygens (including phenoxy) is 1. The third-order valence-corrected chi connectivity index (χ3v) is 6.79. The van der Waals surface area contributed by atoms with E-state index in [0.717, 1.165) is 44.5 Å². The lowest BCUT2D eigenvalue weighted by Crippen LogP contribution is -2.56. The van der Waals surface area contributed by atoms with E-state index in [4.69, 9.17) is 13.8 Å². The number of rotatable bonds is 5. The molecule has 0 spiro atoms. The van der Waals surface area contributed by atoms with Gasteiger partial charge in [-0.05, 0) is 68.4 Å². The second-order valence-corrected chi connectivity index (χ2v) is 12.9. The van der Waals surface area contributed by atoms with E-state index in [-0.39, 0.29) is 5.54 Å². The van der Waals surface area contributed by atoms with Gasteiger partial charge in [0.1, 0.15) is 5.75 Å². The minimum atomic E-state index is -3.67. The first-order valence-corrected chi connectivity index (χ1v) is 16.5. The molecule has 214 valence electrons. The molecule has 9 nitrogen and oxygen atoms in total. The Kier molecular flexibility index (Phi) is 12.0. The summed E-state index contributed by atoms with van der Waals surface area (Å²) in [4.78, 5) is 5.32. The van der Waals surface area contributed by atoms with Crippen LogP contribution in [0.2, 0.25) is 0 Å². The highest BCUT2D eigenvalue weighted by molar-refractivity contribution is 7.85. The van der Waals surface area contributed by atoms with E-state index in [9.17, 15) is 16.8 Å². The third-order valence-electron chi connectivity index (χ3n) is 6.79. The van der Waals surface area contributed by atoms with Crippen LogP contribution >= 0.6 is 0 Å². The molecular weight excluding hydrogens is 528 g/mol. The summed E-state index contributed by atoms with van der Waals surface area (Å²) in [6.07, 6.45) is 6.58. The van der Waals surface area contributed by atoms with Crippen molar-refractivity contribution in [3.8, 4) is 5.75 Å². The van der Waals surface area contributed by atoms with Crippen LogP contribution in [0.1, 0.15) is 45.1 Å². The summed E-state index contributed by atoms with van der Waals surface area (Å²) >= 11 is 0. The molecule has 1 aliphatic carbocycles. The minimum absolute atomic E-state index is 0.169. The van der Waals surface area contributed by atoms with Gasteiger partial charge < -0.3 is 9.64 Å². The van der Waals surface area contributed by atoms with E-state index in [1.165, 1.54) is 36.9 Å². The number of para-hydroxylation sites is 1. The predicted molar refractivity (Wildman–Crippen MR) is 152 cm³/mol. The van der Waals surface area contributed by atoms with Crippen molar-refractivity contribution in [1.82, 2.24) is 4.90 Å². The maximum Gasteiger partial charge on any atom is 0.261 e. The summed E-state index contributed by atoms with van der Waals surface area (Å²) in [6.45, 7) is 9.66. The second-order valence-electron chi connectivity index (χ2n) is 9.95. The zero-order chi connectivity index (χ0) is 28.4. The summed E-state index contributed by atoms with van der Waals surface area (Å²) < 4.78 is 57.6. The Bertz CT molecular complexity index is 1140. The number of hydrogen-bond donors (Lipinski definition) is 2. The van der Waals surface area contributed by atoms with Gasteiger partial charge in [0.2, 0.25) is 0 Å². The zero-order valence-electron chi connectivity index (χ0n) is 22.8. The van der Waals surface area contributed by atoms with E-state index in [1.807, 2.05) is 0 Å². The van der Waals surface area contributed by atoms with Gasteiger partial charge in [0.25, 0.3) is 20.2 Å². The molecule has 38 heavy (non-hydrogen) atoms. The van der Waals surface area contributed by atoms with Crippen LogP contribution in [0, 0.1) is 5.92 Å². The molecule has 2 fully saturated rings. The second kappa shape index (κ2) is 14.3. The number of nitrogens with zero attached hydrogens (tertiary/aromatic N) is 2. The average molecular weight is 571 g/mol. The normalized spacial score (nSPS) is 22.4. The number of piperazine rings is 1. The molecule has 0 unspecified atom stereocenters. The molecule has 11 heteroatoms. The van der Waals surface area contributed by atoms with Gasteiger partial charge in [0, 0.05) is 37.4 Å². The fourth-order valence-electron chi connectivity index (χ4n) is 5.10. The lowest BCUT2D eigenvalue weighted by atomic mass is 9.71. The molecule has 0 bridgehead atoms. The van der Waals surface area contributed by atoms with E-state index in [2.05, 4.69) is 78.2 Å². The summed E-state index contributed by atoms with van der Waals surface area (Å²) in [5.74, 6) is 1.86. The van der Waals surface area contributed by atoms with Crippen LogP contribution < -0.4 is 9.64 Å². The van der Waals surface area contributed by atoms with Crippen molar-refractivity contribution in [2.75, 3.05) is 50.2 Å². The summed E-state index contributed by atoms with van der Waals surface area (Å²) in [5.41, 5.74) is 2.98. The van der Waals surface area contributed by atoms with Crippen molar-refractivity contribution in [1.29, 1.82) is 0 Å². The standard InChI is InChI=1S/C25H34N2O.2CH4O3S/c1-3-28-24-11-7-8-22(20-24)25(14-12-21(2)13-15-25)27-18-16-26(17-19-27)23-9-5-4-6-10-23;2*1-5(2,3)4/h4-11,20-21H,3,12-19H2,1-2H3;2*1H3,(H,2,3,4). The van der Waals surface area contributed by atoms with Gasteiger partial charge >= 0.3 is 0 Å². The lowest BCUT2D eigenvalue weighted by molar-refractivity contribution is 0.0297. The van der Waals surface area contributed by atoms with Crippen LogP contribution in [0.3, 0.4) is 0 Å². The Morgan fingerprint density at radius 2 is 1.39 bits per heavy atom. The molecule has 2 N–H and O–H groups in total. The molecule has 2 aromatic carbocycles. The summed E-state index contributed by atoms with van der Waals surface area (Å²) in [7, 11) is -7.33. The SMILES string of the molecule is CCOc1cccc(C2(N3CCN(c4ccccc4)CC3)CCC(C)CC2)c1.CS(=O)(=O)O.CS(=O)(=O)O. The number of anilines is 1. The van der Waals surface area contributed by atoms with E-state index >= 15 is 0 Å². The van der Waals surface area contributed by atoms with Gasteiger partial charge in [-0.25, -0.2) is 0 Å². The van der Waals surface area contributed by atoms with Crippen molar-refractivity contribution in [2.45, 2.75) is 45.1 Å². The van der Waals surface area contributed by atoms with Gasteiger partial charge in [0.05, 0.1) is 19.1 Å². The Balaban J connectivity index is 0.000000435. The molecule has 0 aromatic heterocycles. The Labute approximate surface area is 228 Å². The highest BCUT2D eigenvalue weighted by Gasteiger charge is 2.42. The Morgan fingerprint density at radius 1 is 0.868 bits per heavy atom. The van der Waals surface area contributed by atoms with E-state index in [0.29, 0.717) is 12.5 Å². The molecule has 2 aliphatic rings. The zero-order valence-corrected chi connectivity index (χ0v) is 24.4. The van der Waals surface area contributed by atoms with Crippen molar-refractivity contribution in [3.05, 3.63) is 60.2 Å². The van der Waals surface area contributed by atoms with Crippen LogP contribution in [0.5, 0.6) is 5.75 Å². The molecule has 1 aliphatic heterocycles. The van der Waals surface area contributed by atoms with Gasteiger partial charge in [-0.2, -0.15) is 16.8 Å². The Morgan fingerprint density at radius 3 is 1.89 bits per heavy atom. The van der Waals surface area contributed by atoms with Crippen molar-refractivity contribution < 1.29 is 30.7 Å². The van der Waals surface area contributed by atoms with E-state index < -0.39 is 20.2 Å². The summed E-state index contributed by atoms with van der Waals surface area (Å²) in [6, 6.07) is 19.8. The fraction of sp³-hybridized carbons (Fsp3) is 0.556. The van der Waals surface area contributed by atoms with E-state index in [1.54, 1.807) is 0 Å². The van der Waals surface area contributed by atoms with Crippen molar-refractivity contribution in [2.24, 2.45) is 5.92 Å². The van der Waals surface area contributed by atoms with Gasteiger partial charge in [-0.1, -0.05) is 37.3 Å². The topological polar surface area (TPSA) is 124 Å². The molecule has 4 rings (SSSR count). The Hall–Kier alpha value is -2.18. The predicted octanol–water partition coefficient (Wildman–Crippen LogP) is 4.32. The van der Waals surface area contributed by atoms with Gasteiger partial charge in [-0.15, -0.1) is 0 Å². The van der Waals surface area contributed by atoms with Crippen LogP contribution in [-0.4, -0.2) is 76.1 Å². The minimum Gasteiger partial charge on any atom is -0.494 e. The summed E-state index contributed by atoms with van der Waals surface area (Å²) in [5, 5.41) is 0. The molecule has 0 amide bonds. The largest absolute Gasteiger partial charge is 0.494 e. The monoisotopic (exact) mass is 570 g/mol. The average Bonchev–Trinajstić information content (AvgIpc) is 2.84. The van der Waals surface area contributed by atoms with Crippen molar-refractivity contribution >= 4 is 25.9 Å².